The molecule has 0 N–H and O–H groups in total. The Morgan fingerprint density at radius 3 is 2.50 bits per heavy atom. The first kappa shape index (κ1) is 12.6. The molecule has 0 saturated heterocycles. The van der Waals surface area contributed by atoms with Gasteiger partial charge in [-0.3, -0.25) is 14.4 Å². The molecule has 0 radical (unpaired) electrons. The number of rotatable bonds is 2. The molecule has 1 rings (SSSR count). The minimum Gasteiger partial charge on any atom is -0.298 e. The summed E-state index contributed by atoms with van der Waals surface area (Å²) in [6.45, 7) is 5.04. The molecule has 1 fully saturated rings. The van der Waals surface area contributed by atoms with Gasteiger partial charge in [0.2, 0.25) is 0 Å². The summed E-state index contributed by atoms with van der Waals surface area (Å²) in [5.74, 6) is -3.27. The third-order valence-corrected chi connectivity index (χ3v) is 3.10. The number of hydrogen-bond acceptors (Lipinski definition) is 4. The van der Waals surface area contributed by atoms with Crippen LogP contribution >= 0.6 is 0 Å². The first-order valence-electron chi connectivity index (χ1n) is 5.34. The van der Waals surface area contributed by atoms with Gasteiger partial charge in [-0.25, -0.2) is 0 Å². The van der Waals surface area contributed by atoms with Crippen LogP contribution in [0.4, 0.5) is 0 Å². The first-order valence-corrected chi connectivity index (χ1v) is 5.34. The fraction of sp³-hybridized carbons (Fsp3) is 0.667. The van der Waals surface area contributed by atoms with Crippen LogP contribution in [0.3, 0.4) is 0 Å². The summed E-state index contributed by atoms with van der Waals surface area (Å²) in [6, 6.07) is 1.92. The molecule has 0 aromatic rings. The normalized spacial score (nSPS) is 28.6. The highest BCUT2D eigenvalue weighted by molar-refractivity contribution is 6.22. The van der Waals surface area contributed by atoms with Crippen molar-refractivity contribution in [1.82, 2.24) is 0 Å². The van der Waals surface area contributed by atoms with Crippen molar-refractivity contribution < 1.29 is 14.4 Å². The Morgan fingerprint density at radius 2 is 2.06 bits per heavy atom. The van der Waals surface area contributed by atoms with Gasteiger partial charge in [-0.15, -0.1) is 0 Å². The Hall–Kier alpha value is -1.50. The topological polar surface area (TPSA) is 75.0 Å². The van der Waals surface area contributed by atoms with Crippen molar-refractivity contribution in [2.75, 3.05) is 0 Å². The molecule has 4 nitrogen and oxygen atoms in total. The average Bonchev–Trinajstić information content (AvgIpc) is 2.15. The van der Waals surface area contributed by atoms with E-state index in [1.807, 2.05) is 6.07 Å². The van der Waals surface area contributed by atoms with E-state index >= 15 is 0 Å². The van der Waals surface area contributed by atoms with Crippen molar-refractivity contribution in [2.24, 2.45) is 17.3 Å². The highest BCUT2D eigenvalue weighted by atomic mass is 16.2. The number of ketones is 3. The van der Waals surface area contributed by atoms with Crippen LogP contribution in [-0.4, -0.2) is 17.3 Å². The summed E-state index contributed by atoms with van der Waals surface area (Å²) < 4.78 is 0. The molecule has 4 heteroatoms. The summed E-state index contributed by atoms with van der Waals surface area (Å²) in [6.07, 6.45) is 0.272. The van der Waals surface area contributed by atoms with Gasteiger partial charge in [0, 0.05) is 12.8 Å². The zero-order chi connectivity index (χ0) is 12.5. The summed E-state index contributed by atoms with van der Waals surface area (Å²) in [4.78, 5) is 35.2. The fourth-order valence-electron chi connectivity index (χ4n) is 2.14. The Balaban J connectivity index is 3.11. The molecule has 0 amide bonds. The lowest BCUT2D eigenvalue weighted by Crippen LogP contribution is -2.48. The monoisotopic (exact) mass is 221 g/mol. The molecule has 2 unspecified atom stereocenters. The molecule has 0 heterocycles. The average molecular weight is 221 g/mol. The van der Waals surface area contributed by atoms with E-state index in [0.717, 1.165) is 0 Å². The molecule has 0 aromatic carbocycles. The van der Waals surface area contributed by atoms with Crippen LogP contribution in [0.15, 0.2) is 0 Å². The van der Waals surface area contributed by atoms with Crippen LogP contribution in [0, 0.1) is 28.6 Å². The van der Waals surface area contributed by atoms with Gasteiger partial charge in [0.05, 0.1) is 6.07 Å². The largest absolute Gasteiger partial charge is 0.298 e. The van der Waals surface area contributed by atoms with Crippen molar-refractivity contribution in [3.63, 3.8) is 0 Å². The van der Waals surface area contributed by atoms with Crippen LogP contribution in [0.1, 0.15) is 33.6 Å². The summed E-state index contributed by atoms with van der Waals surface area (Å²) >= 11 is 0. The number of carbonyl (C=O) groups is 3. The van der Waals surface area contributed by atoms with E-state index in [1.165, 1.54) is 0 Å². The standard InChI is InChI=1S/C12H15NO3/c1-4-8(14)10-9(15)5-12(2,3)7(6-13)11(10)16/h7,10H,4-5H2,1-3H3. The fourth-order valence-corrected chi connectivity index (χ4v) is 2.14. The van der Waals surface area contributed by atoms with Gasteiger partial charge < -0.3 is 0 Å². The van der Waals surface area contributed by atoms with E-state index in [9.17, 15) is 14.4 Å². The van der Waals surface area contributed by atoms with Gasteiger partial charge in [-0.1, -0.05) is 20.8 Å². The minimum atomic E-state index is -1.19. The van der Waals surface area contributed by atoms with Gasteiger partial charge in [0.1, 0.15) is 11.8 Å². The van der Waals surface area contributed by atoms with Crippen molar-refractivity contribution >= 4 is 17.3 Å². The quantitative estimate of drug-likeness (QED) is 0.658. The van der Waals surface area contributed by atoms with Crippen molar-refractivity contribution in [3.8, 4) is 6.07 Å². The van der Waals surface area contributed by atoms with Crippen molar-refractivity contribution in [3.05, 3.63) is 0 Å². The van der Waals surface area contributed by atoms with E-state index in [4.69, 9.17) is 5.26 Å². The molecular weight excluding hydrogens is 206 g/mol. The lowest BCUT2D eigenvalue weighted by molar-refractivity contribution is -0.147. The molecule has 1 saturated carbocycles. The van der Waals surface area contributed by atoms with Gasteiger partial charge in [0.15, 0.2) is 17.3 Å². The zero-order valence-corrected chi connectivity index (χ0v) is 9.74. The molecule has 0 aliphatic heterocycles. The van der Waals surface area contributed by atoms with E-state index in [2.05, 4.69) is 0 Å². The van der Waals surface area contributed by atoms with Crippen molar-refractivity contribution in [1.29, 1.82) is 5.26 Å². The van der Waals surface area contributed by atoms with Crippen molar-refractivity contribution in [2.45, 2.75) is 33.6 Å². The Kier molecular flexibility index (Phi) is 3.27. The number of Topliss-reactive ketones (excluding diaryl/α,β-unsaturated/α-hetero) is 3. The second-order valence-electron chi connectivity index (χ2n) is 4.85. The van der Waals surface area contributed by atoms with Crippen LogP contribution in [0.5, 0.6) is 0 Å². The molecule has 0 spiro atoms. The maximum atomic E-state index is 11.9. The van der Waals surface area contributed by atoms with Gasteiger partial charge in [-0.05, 0) is 5.41 Å². The predicted molar refractivity (Wildman–Crippen MR) is 56.3 cm³/mol. The third-order valence-electron chi connectivity index (χ3n) is 3.10. The molecule has 86 valence electrons. The van der Waals surface area contributed by atoms with Gasteiger partial charge in [-0.2, -0.15) is 5.26 Å². The van der Waals surface area contributed by atoms with E-state index in [1.54, 1.807) is 20.8 Å². The predicted octanol–water partition coefficient (Wildman–Crippen LogP) is 1.29. The lowest BCUT2D eigenvalue weighted by Gasteiger charge is -2.35. The van der Waals surface area contributed by atoms with Gasteiger partial charge in [0.25, 0.3) is 0 Å². The molecule has 2 atom stereocenters. The maximum Gasteiger partial charge on any atom is 0.168 e. The molecular formula is C12H15NO3. The maximum absolute atomic E-state index is 11.9. The Morgan fingerprint density at radius 1 is 1.50 bits per heavy atom. The second kappa shape index (κ2) is 4.17. The molecule has 0 bridgehead atoms. The van der Waals surface area contributed by atoms with Crippen LogP contribution in [0.2, 0.25) is 0 Å². The summed E-state index contributed by atoms with van der Waals surface area (Å²) in [7, 11) is 0. The molecule has 0 aromatic heterocycles. The second-order valence-corrected chi connectivity index (χ2v) is 4.85. The van der Waals surface area contributed by atoms with Crippen LogP contribution < -0.4 is 0 Å². The van der Waals surface area contributed by atoms with Crippen LogP contribution in [0.25, 0.3) is 0 Å². The summed E-state index contributed by atoms with van der Waals surface area (Å²) in [5, 5.41) is 8.96. The molecule has 1 aliphatic rings. The number of nitriles is 1. The van der Waals surface area contributed by atoms with Crippen LogP contribution in [-0.2, 0) is 14.4 Å². The summed E-state index contributed by atoms with van der Waals surface area (Å²) in [5.41, 5.74) is -0.659. The number of nitrogens with zero attached hydrogens (tertiary/aromatic N) is 1. The Bertz CT molecular complexity index is 390. The van der Waals surface area contributed by atoms with E-state index in [-0.39, 0.29) is 24.4 Å². The molecule has 16 heavy (non-hydrogen) atoms. The first-order chi connectivity index (χ1) is 7.35. The van der Waals surface area contributed by atoms with E-state index < -0.39 is 23.0 Å². The highest BCUT2D eigenvalue weighted by Gasteiger charge is 2.49. The lowest BCUT2D eigenvalue weighted by atomic mass is 9.63. The Labute approximate surface area is 94.6 Å². The van der Waals surface area contributed by atoms with Gasteiger partial charge >= 0.3 is 0 Å². The number of hydrogen-bond donors (Lipinski definition) is 0. The third kappa shape index (κ3) is 1.90. The SMILES string of the molecule is CCC(=O)C1C(=O)CC(C)(C)C(C#N)C1=O. The minimum absolute atomic E-state index is 0.118. The zero-order valence-electron chi connectivity index (χ0n) is 9.74. The smallest absolute Gasteiger partial charge is 0.168 e. The van der Waals surface area contributed by atoms with E-state index in [0.29, 0.717) is 0 Å². The highest BCUT2D eigenvalue weighted by Crippen LogP contribution is 2.39. The molecule has 1 aliphatic carbocycles. The number of carbonyl (C=O) groups excluding carboxylic acids is 3.